The van der Waals surface area contributed by atoms with Crippen molar-refractivity contribution in [2.24, 2.45) is 0 Å². The second-order valence-electron chi connectivity index (χ2n) is 8.45. The Morgan fingerprint density at radius 1 is 1.09 bits per heavy atom. The number of carbonyl (C=O) groups excluding carboxylic acids is 2. The van der Waals surface area contributed by atoms with Crippen LogP contribution in [0, 0.1) is 0 Å². The summed E-state index contributed by atoms with van der Waals surface area (Å²) in [5.41, 5.74) is 2.63. The third-order valence-corrected chi connectivity index (χ3v) is 6.33. The van der Waals surface area contributed by atoms with E-state index in [1.807, 2.05) is 17.0 Å². The summed E-state index contributed by atoms with van der Waals surface area (Å²) in [6.45, 7) is 1.40. The van der Waals surface area contributed by atoms with Crippen LogP contribution in [0.25, 0.3) is 0 Å². The van der Waals surface area contributed by atoms with Gasteiger partial charge < -0.3 is 25.0 Å². The van der Waals surface area contributed by atoms with Gasteiger partial charge in [0.25, 0.3) is 5.56 Å². The Hall–Kier alpha value is -4.34. The number of carbonyl (C=O) groups is 2. The van der Waals surface area contributed by atoms with Gasteiger partial charge in [0.2, 0.25) is 24.6 Å². The molecule has 3 aliphatic heterocycles. The minimum Gasteiger partial charge on any atom is -0.454 e. The number of aromatic nitrogens is 2. The van der Waals surface area contributed by atoms with Crippen molar-refractivity contribution in [2.45, 2.75) is 25.3 Å². The number of ether oxygens (including phenoxy) is 2. The monoisotopic (exact) mass is 459 g/mol. The lowest BCUT2D eigenvalue weighted by Gasteiger charge is -2.30. The highest BCUT2D eigenvalue weighted by molar-refractivity contribution is 6.04. The van der Waals surface area contributed by atoms with E-state index in [4.69, 9.17) is 9.47 Å². The average molecular weight is 459 g/mol. The van der Waals surface area contributed by atoms with Crippen LogP contribution in [-0.2, 0) is 22.6 Å². The Balaban J connectivity index is 1.28. The number of hydrogen-bond acceptors (Lipinski definition) is 7. The fourth-order valence-electron chi connectivity index (χ4n) is 4.61. The zero-order valence-electron chi connectivity index (χ0n) is 18.1. The normalized spacial score (nSPS) is 18.1. The van der Waals surface area contributed by atoms with Crippen molar-refractivity contribution >= 4 is 29.3 Å². The molecule has 1 aromatic heterocycles. The number of anilines is 3. The van der Waals surface area contributed by atoms with Gasteiger partial charge in [-0.1, -0.05) is 24.3 Å². The fraction of sp³-hybridized carbons (Fsp3) is 0.250. The van der Waals surface area contributed by atoms with Crippen LogP contribution in [0.5, 0.6) is 11.5 Å². The number of nitrogens with zero attached hydrogens (tertiary/aromatic N) is 2. The molecule has 4 heterocycles. The highest BCUT2D eigenvalue weighted by Gasteiger charge is 2.35. The third kappa shape index (κ3) is 3.53. The molecule has 2 aromatic carbocycles. The smallest absolute Gasteiger partial charge is 0.258 e. The number of H-pyrrole nitrogens is 1. The quantitative estimate of drug-likeness (QED) is 0.548. The lowest BCUT2D eigenvalue weighted by atomic mass is 9.92. The van der Waals surface area contributed by atoms with Crippen LogP contribution in [0.4, 0.5) is 17.5 Å². The number of fused-ring (bicyclic) bond motifs is 3. The average Bonchev–Trinajstić information content (AvgIpc) is 3.31. The zero-order chi connectivity index (χ0) is 23.2. The Labute approximate surface area is 193 Å². The maximum atomic E-state index is 13.1. The van der Waals surface area contributed by atoms with Crippen molar-refractivity contribution < 1.29 is 19.1 Å². The minimum absolute atomic E-state index is 0.120. The maximum Gasteiger partial charge on any atom is 0.258 e. The summed E-state index contributed by atoms with van der Waals surface area (Å²) < 4.78 is 10.6. The third-order valence-electron chi connectivity index (χ3n) is 6.33. The van der Waals surface area contributed by atoms with Crippen LogP contribution in [0.1, 0.15) is 29.0 Å². The van der Waals surface area contributed by atoms with E-state index >= 15 is 0 Å². The van der Waals surface area contributed by atoms with Crippen molar-refractivity contribution in [1.29, 1.82) is 0 Å². The lowest BCUT2D eigenvalue weighted by molar-refractivity contribution is -0.123. The van der Waals surface area contributed by atoms with Crippen LogP contribution in [0.15, 0.2) is 47.3 Å². The first-order chi connectivity index (χ1) is 16.5. The van der Waals surface area contributed by atoms with Gasteiger partial charge in [-0.15, -0.1) is 0 Å². The van der Waals surface area contributed by atoms with Crippen LogP contribution < -0.4 is 30.6 Å². The molecule has 2 amide bonds. The van der Waals surface area contributed by atoms with Gasteiger partial charge in [0.1, 0.15) is 5.82 Å². The standard InChI is InChI=1S/C24H21N5O5/c30-19-10-16(22(31)25-15-5-6-17-18(9-15)34-12-33-17)20-21(26-19)27-24(28-23(20)32)29-8-7-13-3-1-2-4-14(13)11-29/h1-6,9,16H,7-8,10-12H2,(H,25,31)(H2,26,27,28,30,32)/t16-/m1/s1. The summed E-state index contributed by atoms with van der Waals surface area (Å²) >= 11 is 0. The van der Waals surface area contributed by atoms with E-state index in [-0.39, 0.29) is 30.5 Å². The van der Waals surface area contributed by atoms with E-state index in [0.29, 0.717) is 36.2 Å². The molecule has 34 heavy (non-hydrogen) atoms. The first-order valence-electron chi connectivity index (χ1n) is 11.0. The second kappa shape index (κ2) is 7.91. The molecule has 6 rings (SSSR count). The van der Waals surface area contributed by atoms with Crippen molar-refractivity contribution in [3.8, 4) is 11.5 Å². The van der Waals surface area contributed by atoms with E-state index in [1.165, 1.54) is 11.1 Å². The first-order valence-corrected chi connectivity index (χ1v) is 11.0. The van der Waals surface area contributed by atoms with Crippen LogP contribution in [-0.4, -0.2) is 35.1 Å². The molecule has 0 saturated carbocycles. The van der Waals surface area contributed by atoms with E-state index in [9.17, 15) is 14.4 Å². The Kier molecular flexibility index (Phi) is 4.72. The van der Waals surface area contributed by atoms with Crippen molar-refractivity contribution in [3.63, 3.8) is 0 Å². The molecule has 0 fully saturated rings. The number of nitrogens with one attached hydrogen (secondary N) is 3. The van der Waals surface area contributed by atoms with Crippen molar-refractivity contribution in [3.05, 3.63) is 69.5 Å². The number of rotatable bonds is 3. The van der Waals surface area contributed by atoms with E-state index < -0.39 is 17.4 Å². The van der Waals surface area contributed by atoms with E-state index in [1.54, 1.807) is 18.2 Å². The van der Waals surface area contributed by atoms with Crippen LogP contribution in [0.2, 0.25) is 0 Å². The van der Waals surface area contributed by atoms with Crippen molar-refractivity contribution in [1.82, 2.24) is 9.97 Å². The highest BCUT2D eigenvalue weighted by Crippen LogP contribution is 2.35. The summed E-state index contributed by atoms with van der Waals surface area (Å²) in [4.78, 5) is 47.9. The Morgan fingerprint density at radius 3 is 2.79 bits per heavy atom. The number of benzene rings is 2. The largest absolute Gasteiger partial charge is 0.454 e. The highest BCUT2D eigenvalue weighted by atomic mass is 16.7. The van der Waals surface area contributed by atoms with Gasteiger partial charge in [-0.2, -0.15) is 4.98 Å². The van der Waals surface area contributed by atoms with E-state index in [2.05, 4.69) is 32.7 Å². The number of hydrogen-bond donors (Lipinski definition) is 3. The van der Waals surface area contributed by atoms with Gasteiger partial charge in [0.05, 0.1) is 11.5 Å². The molecule has 3 aliphatic rings. The molecule has 1 atom stereocenters. The van der Waals surface area contributed by atoms with Crippen molar-refractivity contribution in [2.75, 3.05) is 28.9 Å². The van der Waals surface area contributed by atoms with Gasteiger partial charge in [0.15, 0.2) is 11.5 Å². The molecule has 172 valence electrons. The molecule has 0 radical (unpaired) electrons. The molecule has 0 spiro atoms. The fourth-order valence-corrected chi connectivity index (χ4v) is 4.61. The first kappa shape index (κ1) is 20.3. The second-order valence-corrected chi connectivity index (χ2v) is 8.45. The summed E-state index contributed by atoms with van der Waals surface area (Å²) in [5.74, 6) is -0.203. The molecular formula is C24H21N5O5. The summed E-state index contributed by atoms with van der Waals surface area (Å²) in [7, 11) is 0. The molecule has 10 nitrogen and oxygen atoms in total. The number of amides is 2. The van der Waals surface area contributed by atoms with Gasteiger partial charge in [-0.3, -0.25) is 19.4 Å². The number of aromatic amines is 1. The SMILES string of the molecule is O=C1C[C@@H](C(=O)Nc2ccc3c(c2)OCO3)c2c(nc(N3CCc4ccccc4C3)[nH]c2=O)N1. The summed E-state index contributed by atoms with van der Waals surface area (Å²) in [5, 5.41) is 5.44. The molecule has 0 bridgehead atoms. The zero-order valence-corrected chi connectivity index (χ0v) is 18.1. The Morgan fingerprint density at radius 2 is 1.91 bits per heavy atom. The van der Waals surface area contributed by atoms with Gasteiger partial charge in [-0.05, 0) is 29.7 Å². The Bertz CT molecular complexity index is 1380. The molecule has 3 aromatic rings. The van der Waals surface area contributed by atoms with Gasteiger partial charge in [-0.25, -0.2) is 0 Å². The van der Waals surface area contributed by atoms with Gasteiger partial charge >= 0.3 is 0 Å². The predicted octanol–water partition coefficient (Wildman–Crippen LogP) is 2.13. The molecule has 0 unspecified atom stereocenters. The summed E-state index contributed by atoms with van der Waals surface area (Å²) in [6.07, 6.45) is 0.675. The summed E-state index contributed by atoms with van der Waals surface area (Å²) in [6, 6.07) is 13.2. The van der Waals surface area contributed by atoms with Gasteiger partial charge in [0, 0.05) is 31.3 Å². The molecule has 3 N–H and O–H groups in total. The molecule has 0 saturated heterocycles. The molecule has 10 heteroatoms. The molecular weight excluding hydrogens is 438 g/mol. The lowest BCUT2D eigenvalue weighted by Crippen LogP contribution is -2.38. The maximum absolute atomic E-state index is 13.1. The topological polar surface area (TPSA) is 126 Å². The van der Waals surface area contributed by atoms with E-state index in [0.717, 1.165) is 6.42 Å². The predicted molar refractivity (Wildman–Crippen MR) is 123 cm³/mol. The van der Waals surface area contributed by atoms with Crippen LogP contribution >= 0.6 is 0 Å². The molecule has 0 aliphatic carbocycles. The minimum atomic E-state index is -0.971. The van der Waals surface area contributed by atoms with Crippen LogP contribution in [0.3, 0.4) is 0 Å².